The molecule has 1 heterocycles. The molecule has 2 aromatic rings. The SMILES string of the molecule is O=C(O)Cc1cc(-c2ccc(Cl)cc2)ncn1. The Morgan fingerprint density at radius 1 is 1.24 bits per heavy atom. The van der Waals surface area contributed by atoms with Gasteiger partial charge in [-0.2, -0.15) is 0 Å². The molecule has 0 saturated heterocycles. The van der Waals surface area contributed by atoms with Crippen LogP contribution in [0.15, 0.2) is 36.7 Å². The second kappa shape index (κ2) is 4.93. The molecule has 1 N–H and O–H groups in total. The van der Waals surface area contributed by atoms with Crippen LogP contribution in [0.1, 0.15) is 5.69 Å². The van der Waals surface area contributed by atoms with Crippen molar-refractivity contribution < 1.29 is 9.90 Å². The molecule has 17 heavy (non-hydrogen) atoms. The average molecular weight is 249 g/mol. The van der Waals surface area contributed by atoms with Crippen LogP contribution in [0.25, 0.3) is 11.3 Å². The first-order valence-electron chi connectivity index (χ1n) is 4.94. The molecular weight excluding hydrogens is 240 g/mol. The smallest absolute Gasteiger partial charge is 0.309 e. The van der Waals surface area contributed by atoms with Crippen molar-refractivity contribution in [3.05, 3.63) is 47.4 Å². The van der Waals surface area contributed by atoms with Gasteiger partial charge in [-0.1, -0.05) is 23.7 Å². The minimum absolute atomic E-state index is 0.108. The fourth-order valence-corrected chi connectivity index (χ4v) is 1.55. The number of hydrogen-bond acceptors (Lipinski definition) is 3. The quantitative estimate of drug-likeness (QED) is 0.906. The lowest BCUT2D eigenvalue weighted by Crippen LogP contribution is -2.02. The second-order valence-electron chi connectivity index (χ2n) is 3.47. The predicted molar refractivity (Wildman–Crippen MR) is 63.8 cm³/mol. The highest BCUT2D eigenvalue weighted by molar-refractivity contribution is 6.30. The molecule has 0 aliphatic rings. The number of aromatic nitrogens is 2. The van der Waals surface area contributed by atoms with E-state index in [0.717, 1.165) is 5.56 Å². The summed E-state index contributed by atoms with van der Waals surface area (Å²) in [4.78, 5) is 18.6. The first kappa shape index (κ1) is 11.5. The standard InChI is InChI=1S/C12H9ClN2O2/c13-9-3-1-8(2-4-9)11-5-10(6-12(16)17)14-7-15-11/h1-5,7H,6H2,(H,16,17). The van der Waals surface area contributed by atoms with Gasteiger partial charge in [-0.15, -0.1) is 0 Å². The lowest BCUT2D eigenvalue weighted by atomic mass is 10.1. The van der Waals surface area contributed by atoms with Gasteiger partial charge in [0.1, 0.15) is 6.33 Å². The maximum absolute atomic E-state index is 10.6. The molecule has 0 aliphatic heterocycles. The van der Waals surface area contributed by atoms with E-state index in [1.807, 2.05) is 12.1 Å². The summed E-state index contributed by atoms with van der Waals surface area (Å²) in [5.74, 6) is -0.911. The van der Waals surface area contributed by atoms with Gasteiger partial charge in [-0.05, 0) is 18.2 Å². The Balaban J connectivity index is 2.32. The van der Waals surface area contributed by atoms with Crippen LogP contribution in [0, 0.1) is 0 Å². The van der Waals surface area contributed by atoms with Gasteiger partial charge in [-0.25, -0.2) is 9.97 Å². The summed E-state index contributed by atoms with van der Waals surface area (Å²) in [6.45, 7) is 0. The Hall–Kier alpha value is -1.94. The number of carboxylic acids is 1. The van der Waals surface area contributed by atoms with Crippen LogP contribution in [-0.4, -0.2) is 21.0 Å². The Bertz CT molecular complexity index is 540. The molecule has 0 saturated carbocycles. The predicted octanol–water partition coefficient (Wildman–Crippen LogP) is 2.42. The number of nitrogens with zero attached hydrogens (tertiary/aromatic N) is 2. The summed E-state index contributed by atoms with van der Waals surface area (Å²) in [7, 11) is 0. The van der Waals surface area contributed by atoms with Crippen LogP contribution in [0.5, 0.6) is 0 Å². The number of rotatable bonds is 3. The van der Waals surface area contributed by atoms with Crippen molar-refractivity contribution in [2.45, 2.75) is 6.42 Å². The molecule has 0 atom stereocenters. The Morgan fingerprint density at radius 2 is 1.94 bits per heavy atom. The van der Waals surface area contributed by atoms with E-state index in [9.17, 15) is 4.79 Å². The molecule has 0 radical (unpaired) electrons. The normalized spacial score (nSPS) is 10.2. The van der Waals surface area contributed by atoms with Crippen molar-refractivity contribution in [1.82, 2.24) is 9.97 Å². The van der Waals surface area contributed by atoms with Gasteiger partial charge in [0.2, 0.25) is 0 Å². The van der Waals surface area contributed by atoms with Gasteiger partial charge in [0.15, 0.2) is 0 Å². The first-order chi connectivity index (χ1) is 8.15. The Labute approximate surface area is 103 Å². The number of carboxylic acid groups (broad SMARTS) is 1. The van der Waals surface area contributed by atoms with E-state index in [2.05, 4.69) is 9.97 Å². The van der Waals surface area contributed by atoms with Gasteiger partial charge >= 0.3 is 5.97 Å². The third-order valence-corrected chi connectivity index (χ3v) is 2.45. The highest BCUT2D eigenvalue weighted by atomic mass is 35.5. The fourth-order valence-electron chi connectivity index (χ4n) is 1.43. The summed E-state index contributed by atoms with van der Waals surface area (Å²) in [6, 6.07) is 8.84. The fraction of sp³-hybridized carbons (Fsp3) is 0.0833. The summed E-state index contributed by atoms with van der Waals surface area (Å²) < 4.78 is 0. The van der Waals surface area contributed by atoms with Gasteiger partial charge in [0.25, 0.3) is 0 Å². The Morgan fingerprint density at radius 3 is 2.59 bits per heavy atom. The van der Waals surface area contributed by atoms with E-state index >= 15 is 0 Å². The van der Waals surface area contributed by atoms with Crippen LogP contribution >= 0.6 is 11.6 Å². The molecule has 1 aromatic heterocycles. The molecule has 0 fully saturated rings. The number of carbonyl (C=O) groups is 1. The maximum Gasteiger partial charge on any atom is 0.309 e. The van der Waals surface area contributed by atoms with E-state index in [-0.39, 0.29) is 6.42 Å². The molecule has 1 aromatic carbocycles. The third kappa shape index (κ3) is 3.01. The monoisotopic (exact) mass is 248 g/mol. The topological polar surface area (TPSA) is 63.1 Å². The molecule has 0 bridgehead atoms. The molecular formula is C12H9ClN2O2. The van der Waals surface area contributed by atoms with Crippen molar-refractivity contribution in [1.29, 1.82) is 0 Å². The minimum atomic E-state index is -0.911. The lowest BCUT2D eigenvalue weighted by Gasteiger charge is -2.02. The van der Waals surface area contributed by atoms with Crippen molar-refractivity contribution in [2.24, 2.45) is 0 Å². The van der Waals surface area contributed by atoms with E-state index in [1.54, 1.807) is 18.2 Å². The van der Waals surface area contributed by atoms with E-state index in [1.165, 1.54) is 6.33 Å². The molecule has 4 nitrogen and oxygen atoms in total. The third-order valence-electron chi connectivity index (χ3n) is 2.20. The van der Waals surface area contributed by atoms with Crippen LogP contribution in [0.3, 0.4) is 0 Å². The van der Waals surface area contributed by atoms with Gasteiger partial charge in [0, 0.05) is 10.6 Å². The Kier molecular flexibility index (Phi) is 3.35. The summed E-state index contributed by atoms with van der Waals surface area (Å²) >= 11 is 5.79. The van der Waals surface area contributed by atoms with E-state index in [4.69, 9.17) is 16.7 Å². The van der Waals surface area contributed by atoms with E-state index < -0.39 is 5.97 Å². The molecule has 0 aliphatic carbocycles. The maximum atomic E-state index is 10.6. The summed E-state index contributed by atoms with van der Waals surface area (Å²) in [5.41, 5.74) is 2.05. The second-order valence-corrected chi connectivity index (χ2v) is 3.91. The largest absolute Gasteiger partial charge is 0.481 e. The average Bonchev–Trinajstić information content (AvgIpc) is 2.29. The highest BCUT2D eigenvalue weighted by Gasteiger charge is 2.05. The molecule has 5 heteroatoms. The summed E-state index contributed by atoms with van der Waals surface area (Å²) in [6.07, 6.45) is 1.26. The number of benzene rings is 1. The molecule has 2 rings (SSSR count). The lowest BCUT2D eigenvalue weighted by molar-refractivity contribution is -0.136. The van der Waals surface area contributed by atoms with Crippen molar-refractivity contribution in [3.8, 4) is 11.3 Å². The molecule has 0 unspecified atom stereocenters. The zero-order valence-electron chi connectivity index (χ0n) is 8.80. The number of halogens is 1. The van der Waals surface area contributed by atoms with Crippen LogP contribution in [-0.2, 0) is 11.2 Å². The highest BCUT2D eigenvalue weighted by Crippen LogP contribution is 2.19. The molecule has 0 amide bonds. The zero-order valence-corrected chi connectivity index (χ0v) is 9.55. The van der Waals surface area contributed by atoms with Gasteiger partial charge < -0.3 is 5.11 Å². The molecule has 86 valence electrons. The summed E-state index contributed by atoms with van der Waals surface area (Å²) in [5, 5.41) is 9.33. The first-order valence-corrected chi connectivity index (χ1v) is 5.31. The molecule has 0 spiro atoms. The van der Waals surface area contributed by atoms with Crippen molar-refractivity contribution >= 4 is 17.6 Å². The van der Waals surface area contributed by atoms with Crippen LogP contribution in [0.2, 0.25) is 5.02 Å². The number of aliphatic carboxylic acids is 1. The van der Waals surface area contributed by atoms with Crippen LogP contribution in [0.4, 0.5) is 0 Å². The van der Waals surface area contributed by atoms with Crippen molar-refractivity contribution in [3.63, 3.8) is 0 Å². The van der Waals surface area contributed by atoms with Crippen molar-refractivity contribution in [2.75, 3.05) is 0 Å². The number of hydrogen-bond donors (Lipinski definition) is 1. The van der Waals surface area contributed by atoms with Gasteiger partial charge in [-0.3, -0.25) is 4.79 Å². The van der Waals surface area contributed by atoms with Gasteiger partial charge in [0.05, 0.1) is 17.8 Å². The van der Waals surface area contributed by atoms with Crippen LogP contribution < -0.4 is 0 Å². The zero-order chi connectivity index (χ0) is 12.3. The van der Waals surface area contributed by atoms with E-state index in [0.29, 0.717) is 16.4 Å². The minimum Gasteiger partial charge on any atom is -0.481 e.